The summed E-state index contributed by atoms with van der Waals surface area (Å²) in [7, 11) is 3.17. The third kappa shape index (κ3) is 2.92. The SMILES string of the molecule is CCCCN(C)C(=O)Cn1c(=O)n(C)c(=O)c2sccc21. The van der Waals surface area contributed by atoms with E-state index in [9.17, 15) is 14.4 Å². The minimum absolute atomic E-state index is 0.0413. The smallest absolute Gasteiger partial charge is 0.331 e. The molecule has 2 rings (SSSR count). The lowest BCUT2D eigenvalue weighted by atomic mass is 10.3. The maximum absolute atomic E-state index is 12.2. The Morgan fingerprint density at radius 1 is 1.38 bits per heavy atom. The Kier molecular flexibility index (Phi) is 4.62. The average Bonchev–Trinajstić information content (AvgIpc) is 2.96. The van der Waals surface area contributed by atoms with Gasteiger partial charge in [0.1, 0.15) is 11.2 Å². The molecule has 0 aliphatic heterocycles. The van der Waals surface area contributed by atoms with Gasteiger partial charge in [0.25, 0.3) is 5.56 Å². The zero-order chi connectivity index (χ0) is 15.6. The van der Waals surface area contributed by atoms with Crippen LogP contribution in [0.2, 0.25) is 0 Å². The molecule has 0 radical (unpaired) electrons. The number of thiophene rings is 1. The Morgan fingerprint density at radius 2 is 2.10 bits per heavy atom. The molecule has 1 amide bonds. The molecule has 0 saturated carbocycles. The third-order valence-electron chi connectivity index (χ3n) is 3.52. The largest absolute Gasteiger partial charge is 0.344 e. The van der Waals surface area contributed by atoms with Crippen molar-refractivity contribution in [3.63, 3.8) is 0 Å². The van der Waals surface area contributed by atoms with Crippen molar-refractivity contribution in [2.75, 3.05) is 13.6 Å². The van der Waals surface area contributed by atoms with Crippen LogP contribution in [0.3, 0.4) is 0 Å². The summed E-state index contributed by atoms with van der Waals surface area (Å²) in [5.74, 6) is -0.128. The molecule has 0 N–H and O–H groups in total. The fourth-order valence-electron chi connectivity index (χ4n) is 2.13. The number of amides is 1. The lowest BCUT2D eigenvalue weighted by molar-refractivity contribution is -0.130. The highest BCUT2D eigenvalue weighted by Gasteiger charge is 2.16. The number of nitrogens with zero attached hydrogens (tertiary/aromatic N) is 3. The second kappa shape index (κ2) is 6.26. The summed E-state index contributed by atoms with van der Waals surface area (Å²) >= 11 is 1.28. The van der Waals surface area contributed by atoms with Crippen molar-refractivity contribution >= 4 is 27.5 Å². The minimum Gasteiger partial charge on any atom is -0.344 e. The van der Waals surface area contributed by atoms with Crippen molar-refractivity contribution in [1.29, 1.82) is 0 Å². The maximum atomic E-state index is 12.2. The number of likely N-dealkylation sites (N-methyl/N-ethyl adjacent to an activating group) is 1. The third-order valence-corrected chi connectivity index (χ3v) is 4.41. The first-order valence-corrected chi connectivity index (χ1v) is 7.76. The van der Waals surface area contributed by atoms with Gasteiger partial charge >= 0.3 is 5.69 Å². The van der Waals surface area contributed by atoms with Crippen molar-refractivity contribution in [3.8, 4) is 0 Å². The molecule has 0 spiro atoms. The van der Waals surface area contributed by atoms with Gasteiger partial charge in [0, 0.05) is 20.6 Å². The van der Waals surface area contributed by atoms with Crippen molar-refractivity contribution in [2.24, 2.45) is 7.05 Å². The highest BCUT2D eigenvalue weighted by molar-refractivity contribution is 7.17. The molecule has 0 aromatic carbocycles. The van der Waals surface area contributed by atoms with Crippen LogP contribution in [0.25, 0.3) is 10.2 Å². The minimum atomic E-state index is -0.455. The second-order valence-electron chi connectivity index (χ2n) is 5.04. The van der Waals surface area contributed by atoms with Gasteiger partial charge in [-0.1, -0.05) is 13.3 Å². The zero-order valence-electron chi connectivity index (χ0n) is 12.5. The fourth-order valence-corrected chi connectivity index (χ4v) is 3.00. The number of carbonyl (C=O) groups excluding carboxylic acids is 1. The van der Waals surface area contributed by atoms with Gasteiger partial charge in [-0.3, -0.25) is 18.7 Å². The molecule has 0 bridgehead atoms. The number of carbonyl (C=O) groups is 1. The van der Waals surface area contributed by atoms with Crippen LogP contribution in [0.4, 0.5) is 0 Å². The topological polar surface area (TPSA) is 64.3 Å². The van der Waals surface area contributed by atoms with Crippen LogP contribution >= 0.6 is 11.3 Å². The van der Waals surface area contributed by atoms with Gasteiger partial charge in [-0.05, 0) is 17.9 Å². The van der Waals surface area contributed by atoms with Gasteiger partial charge in [0.05, 0.1) is 5.52 Å². The van der Waals surface area contributed by atoms with E-state index >= 15 is 0 Å². The van der Waals surface area contributed by atoms with E-state index in [2.05, 4.69) is 6.92 Å². The zero-order valence-corrected chi connectivity index (χ0v) is 13.3. The lowest BCUT2D eigenvalue weighted by Crippen LogP contribution is -2.41. The van der Waals surface area contributed by atoms with Crippen molar-refractivity contribution < 1.29 is 4.79 Å². The van der Waals surface area contributed by atoms with Gasteiger partial charge < -0.3 is 4.90 Å². The number of rotatable bonds is 5. The molecule has 114 valence electrons. The predicted molar refractivity (Wildman–Crippen MR) is 83.9 cm³/mol. The van der Waals surface area contributed by atoms with Crippen LogP contribution in [0.1, 0.15) is 19.8 Å². The second-order valence-corrected chi connectivity index (χ2v) is 5.95. The molecule has 2 aromatic heterocycles. The van der Waals surface area contributed by atoms with E-state index < -0.39 is 5.69 Å². The molecule has 21 heavy (non-hydrogen) atoms. The first kappa shape index (κ1) is 15.5. The normalized spacial score (nSPS) is 11.0. The van der Waals surface area contributed by atoms with Crippen LogP contribution in [0, 0.1) is 0 Å². The predicted octanol–water partition coefficient (Wildman–Crippen LogP) is 1.02. The summed E-state index contributed by atoms with van der Waals surface area (Å²) in [4.78, 5) is 38.1. The van der Waals surface area contributed by atoms with Crippen molar-refractivity contribution in [3.05, 3.63) is 32.3 Å². The standard InChI is InChI=1S/C14H19N3O3S/c1-4-5-7-15(2)11(18)9-17-10-6-8-21-12(10)13(19)16(3)14(17)20/h6,8H,4-5,7,9H2,1-3H3. The summed E-state index contributed by atoms with van der Waals surface area (Å²) in [5, 5.41) is 1.76. The molecule has 2 aromatic rings. The maximum Gasteiger partial charge on any atom is 0.331 e. The highest BCUT2D eigenvalue weighted by Crippen LogP contribution is 2.15. The number of fused-ring (bicyclic) bond motifs is 1. The molecular formula is C14H19N3O3S. The van der Waals surface area contributed by atoms with Gasteiger partial charge in [-0.15, -0.1) is 11.3 Å². The molecule has 0 atom stereocenters. The first-order chi connectivity index (χ1) is 9.97. The van der Waals surface area contributed by atoms with Gasteiger partial charge in [0.2, 0.25) is 5.91 Å². The molecule has 0 aliphatic rings. The molecule has 0 fully saturated rings. The molecule has 0 aliphatic carbocycles. The van der Waals surface area contributed by atoms with E-state index in [4.69, 9.17) is 0 Å². The summed E-state index contributed by atoms with van der Waals surface area (Å²) < 4.78 is 2.93. The van der Waals surface area contributed by atoms with E-state index in [0.717, 1.165) is 17.4 Å². The van der Waals surface area contributed by atoms with Gasteiger partial charge in [-0.25, -0.2) is 4.79 Å². The van der Waals surface area contributed by atoms with Crippen molar-refractivity contribution in [2.45, 2.75) is 26.3 Å². The molecule has 6 nitrogen and oxygen atoms in total. The van der Waals surface area contributed by atoms with Crippen LogP contribution in [-0.4, -0.2) is 33.5 Å². The van der Waals surface area contributed by atoms with Crippen LogP contribution < -0.4 is 11.2 Å². The molecular weight excluding hydrogens is 290 g/mol. The fraction of sp³-hybridized carbons (Fsp3) is 0.500. The van der Waals surface area contributed by atoms with E-state index in [1.165, 1.54) is 23.0 Å². The average molecular weight is 309 g/mol. The van der Waals surface area contributed by atoms with Crippen LogP contribution in [-0.2, 0) is 18.4 Å². The van der Waals surface area contributed by atoms with E-state index in [1.807, 2.05) is 0 Å². The molecule has 0 saturated heterocycles. The summed E-state index contributed by atoms with van der Waals surface area (Å²) in [5.41, 5.74) is -0.235. The Morgan fingerprint density at radius 3 is 2.76 bits per heavy atom. The number of hydrogen-bond acceptors (Lipinski definition) is 4. The van der Waals surface area contributed by atoms with Crippen LogP contribution in [0.5, 0.6) is 0 Å². The molecule has 7 heteroatoms. The Bertz CT molecular complexity index is 772. The summed E-state index contributed by atoms with van der Waals surface area (Å²) in [6.07, 6.45) is 1.93. The summed E-state index contributed by atoms with van der Waals surface area (Å²) in [6.45, 7) is 2.69. The quantitative estimate of drug-likeness (QED) is 0.828. The summed E-state index contributed by atoms with van der Waals surface area (Å²) in [6, 6.07) is 1.71. The lowest BCUT2D eigenvalue weighted by Gasteiger charge is -2.18. The Labute approximate surface area is 126 Å². The van der Waals surface area contributed by atoms with E-state index in [-0.39, 0.29) is 18.0 Å². The number of aromatic nitrogens is 2. The molecule has 0 unspecified atom stereocenters. The Hall–Kier alpha value is -1.89. The monoisotopic (exact) mass is 309 g/mol. The van der Waals surface area contributed by atoms with E-state index in [0.29, 0.717) is 16.8 Å². The van der Waals surface area contributed by atoms with Gasteiger partial charge in [0.15, 0.2) is 0 Å². The molecule has 2 heterocycles. The highest BCUT2D eigenvalue weighted by atomic mass is 32.1. The van der Waals surface area contributed by atoms with Gasteiger partial charge in [-0.2, -0.15) is 0 Å². The first-order valence-electron chi connectivity index (χ1n) is 6.88. The number of hydrogen-bond donors (Lipinski definition) is 0. The number of unbranched alkanes of at least 4 members (excludes halogenated alkanes) is 1. The van der Waals surface area contributed by atoms with Crippen LogP contribution in [0.15, 0.2) is 21.0 Å². The van der Waals surface area contributed by atoms with E-state index in [1.54, 1.807) is 23.4 Å². The Balaban J connectivity index is 2.39. The van der Waals surface area contributed by atoms with Crippen molar-refractivity contribution in [1.82, 2.24) is 14.0 Å².